The smallest absolute Gasteiger partial charge is 0.313 e. The minimum Gasteiger partial charge on any atom is -0.527 e. The molecular formula is C30H49N3O2Si. The Hall–Kier alpha value is -1.79. The first-order valence-electron chi connectivity index (χ1n) is 14.4. The van der Waals surface area contributed by atoms with Crippen LogP contribution < -0.4 is 4.43 Å². The molecule has 200 valence electrons. The third-order valence-corrected chi connectivity index (χ3v) is 7.88. The molecule has 0 spiro atoms. The fourth-order valence-corrected chi connectivity index (χ4v) is 4.95. The highest BCUT2D eigenvalue weighted by Gasteiger charge is 2.10. The molecule has 0 bridgehead atoms. The van der Waals surface area contributed by atoms with Crippen molar-refractivity contribution in [3.63, 3.8) is 0 Å². The van der Waals surface area contributed by atoms with Crippen molar-refractivity contribution < 1.29 is 9.16 Å². The summed E-state index contributed by atoms with van der Waals surface area (Å²) in [5.41, 5.74) is 2.90. The van der Waals surface area contributed by atoms with Crippen LogP contribution in [0.4, 0.5) is 0 Å². The topological polar surface area (TPSA) is 57.1 Å². The molecule has 36 heavy (non-hydrogen) atoms. The van der Waals surface area contributed by atoms with Crippen LogP contribution in [-0.4, -0.2) is 37.9 Å². The third-order valence-electron chi connectivity index (χ3n) is 6.66. The van der Waals surface area contributed by atoms with Crippen LogP contribution in [0.3, 0.4) is 0 Å². The summed E-state index contributed by atoms with van der Waals surface area (Å²) in [5, 5.41) is 0. The molecule has 5 nitrogen and oxygen atoms in total. The lowest BCUT2D eigenvalue weighted by Gasteiger charge is -2.15. The highest BCUT2D eigenvalue weighted by molar-refractivity contribution is 6.28. The van der Waals surface area contributed by atoms with E-state index in [1.807, 2.05) is 6.20 Å². The van der Waals surface area contributed by atoms with Crippen molar-refractivity contribution in [1.29, 1.82) is 0 Å². The van der Waals surface area contributed by atoms with Crippen LogP contribution in [0, 0.1) is 11.8 Å². The molecule has 0 fully saturated rings. The van der Waals surface area contributed by atoms with Gasteiger partial charge >= 0.3 is 9.76 Å². The number of aryl methyl sites for hydroxylation is 1. The lowest BCUT2D eigenvalue weighted by molar-refractivity contribution is 0.126. The van der Waals surface area contributed by atoms with Crippen LogP contribution in [0.2, 0.25) is 6.04 Å². The van der Waals surface area contributed by atoms with Gasteiger partial charge in [-0.05, 0) is 55.7 Å². The molecule has 0 amide bonds. The quantitative estimate of drug-likeness (QED) is 0.125. The SMILES string of the molecule is CCCCCCOCCCCc1ccc(-c2cncc(O[Si]CC(C)CCC(C)CCCC)n2)cn1. The number of rotatable bonds is 21. The zero-order chi connectivity index (χ0) is 25.8. The monoisotopic (exact) mass is 511 g/mol. The molecule has 2 atom stereocenters. The highest BCUT2D eigenvalue weighted by atomic mass is 28.2. The van der Waals surface area contributed by atoms with E-state index in [1.165, 1.54) is 57.8 Å². The average molecular weight is 512 g/mol. The maximum absolute atomic E-state index is 5.97. The van der Waals surface area contributed by atoms with Crippen molar-refractivity contribution in [3.8, 4) is 17.1 Å². The van der Waals surface area contributed by atoms with E-state index in [-0.39, 0.29) is 0 Å². The Morgan fingerprint density at radius 3 is 2.33 bits per heavy atom. The molecule has 6 heteroatoms. The van der Waals surface area contributed by atoms with Gasteiger partial charge in [-0.25, -0.2) is 4.98 Å². The van der Waals surface area contributed by atoms with Gasteiger partial charge in [-0.15, -0.1) is 0 Å². The van der Waals surface area contributed by atoms with Gasteiger partial charge in [0, 0.05) is 30.7 Å². The lowest BCUT2D eigenvalue weighted by atomic mass is 9.95. The highest BCUT2D eigenvalue weighted by Crippen LogP contribution is 2.21. The second-order valence-electron chi connectivity index (χ2n) is 10.3. The molecular weight excluding hydrogens is 462 g/mol. The van der Waals surface area contributed by atoms with Gasteiger partial charge in [0.25, 0.3) is 0 Å². The predicted molar refractivity (Wildman–Crippen MR) is 151 cm³/mol. The Morgan fingerprint density at radius 2 is 1.58 bits per heavy atom. The molecule has 0 aliphatic heterocycles. The maximum Gasteiger partial charge on any atom is 0.313 e. The fourth-order valence-electron chi connectivity index (χ4n) is 4.13. The zero-order valence-corrected chi connectivity index (χ0v) is 24.3. The summed E-state index contributed by atoms with van der Waals surface area (Å²) in [7, 11) is 0.417. The van der Waals surface area contributed by atoms with E-state index in [4.69, 9.17) is 9.16 Å². The number of ether oxygens (including phenoxy) is 1. The van der Waals surface area contributed by atoms with Crippen LogP contribution >= 0.6 is 0 Å². The molecule has 2 aromatic rings. The second kappa shape index (κ2) is 19.3. The molecule has 0 saturated carbocycles. The van der Waals surface area contributed by atoms with E-state index in [0.717, 1.165) is 61.4 Å². The maximum atomic E-state index is 5.97. The number of hydrogen-bond donors (Lipinski definition) is 0. The van der Waals surface area contributed by atoms with Gasteiger partial charge in [-0.3, -0.25) is 9.97 Å². The molecule has 2 rings (SSSR count). The van der Waals surface area contributed by atoms with E-state index in [2.05, 4.69) is 54.8 Å². The first-order chi connectivity index (χ1) is 17.6. The average Bonchev–Trinajstić information content (AvgIpc) is 2.90. The van der Waals surface area contributed by atoms with Crippen molar-refractivity contribution in [2.24, 2.45) is 11.8 Å². The first kappa shape index (κ1) is 30.4. The van der Waals surface area contributed by atoms with Crippen LogP contribution in [-0.2, 0) is 11.2 Å². The summed E-state index contributed by atoms with van der Waals surface area (Å²) in [6.45, 7) is 11.0. The van der Waals surface area contributed by atoms with Gasteiger partial charge in [-0.2, -0.15) is 0 Å². The summed E-state index contributed by atoms with van der Waals surface area (Å²) in [5.74, 6) is 2.11. The minimum absolute atomic E-state index is 0.417. The Kier molecular flexibility index (Phi) is 16.3. The van der Waals surface area contributed by atoms with Crippen LogP contribution in [0.5, 0.6) is 5.88 Å². The summed E-state index contributed by atoms with van der Waals surface area (Å²) in [4.78, 5) is 13.7. The zero-order valence-electron chi connectivity index (χ0n) is 23.3. The van der Waals surface area contributed by atoms with Crippen LogP contribution in [0.15, 0.2) is 30.7 Å². The van der Waals surface area contributed by atoms with E-state index >= 15 is 0 Å². The van der Waals surface area contributed by atoms with Gasteiger partial charge in [0.15, 0.2) is 0 Å². The predicted octanol–water partition coefficient (Wildman–Crippen LogP) is 8.12. The number of hydrogen-bond acceptors (Lipinski definition) is 5. The standard InChI is InChI=1S/C30H49N3O2Si/c1-5-7-9-11-19-34-20-12-10-14-28-18-17-27(21-32-28)29-22-31-23-30(33-29)35-36-24-26(4)16-15-25(3)13-8-6-2/h17-18,21-23,25-26H,5-16,19-20,24H2,1-4H3. The van der Waals surface area contributed by atoms with Gasteiger partial charge < -0.3 is 9.16 Å². The molecule has 0 aromatic carbocycles. The van der Waals surface area contributed by atoms with Gasteiger partial charge in [0.1, 0.15) is 0 Å². The van der Waals surface area contributed by atoms with Crippen molar-refractivity contribution in [2.75, 3.05) is 13.2 Å². The second-order valence-corrected chi connectivity index (χ2v) is 11.2. The Labute approximate surface area is 223 Å². The van der Waals surface area contributed by atoms with Crippen molar-refractivity contribution in [3.05, 3.63) is 36.4 Å². The van der Waals surface area contributed by atoms with Gasteiger partial charge in [-0.1, -0.05) is 79.1 Å². The van der Waals surface area contributed by atoms with E-state index < -0.39 is 0 Å². The Bertz CT molecular complexity index is 803. The molecule has 2 aromatic heterocycles. The summed E-state index contributed by atoms with van der Waals surface area (Å²) >= 11 is 0. The Balaban J connectivity index is 1.66. The molecule has 0 saturated heterocycles. The van der Waals surface area contributed by atoms with Crippen molar-refractivity contribution in [2.45, 2.75) is 111 Å². The van der Waals surface area contributed by atoms with E-state index in [9.17, 15) is 0 Å². The molecule has 0 aliphatic carbocycles. The van der Waals surface area contributed by atoms with Crippen LogP contribution in [0.1, 0.15) is 104 Å². The third kappa shape index (κ3) is 13.5. The molecule has 2 radical (unpaired) electrons. The number of nitrogens with zero attached hydrogens (tertiary/aromatic N) is 3. The number of unbranched alkanes of at least 4 members (excludes halogenated alkanes) is 5. The minimum atomic E-state index is 0.417. The molecule has 2 heterocycles. The summed E-state index contributed by atoms with van der Waals surface area (Å²) in [6, 6.07) is 5.26. The van der Waals surface area contributed by atoms with Gasteiger partial charge in [0.2, 0.25) is 5.88 Å². The van der Waals surface area contributed by atoms with Crippen LogP contribution in [0.25, 0.3) is 11.3 Å². The van der Waals surface area contributed by atoms with E-state index in [1.54, 1.807) is 12.4 Å². The largest absolute Gasteiger partial charge is 0.527 e. The molecule has 2 unspecified atom stereocenters. The molecule has 0 aliphatic rings. The summed E-state index contributed by atoms with van der Waals surface area (Å²) < 4.78 is 11.7. The fraction of sp³-hybridized carbons (Fsp3) is 0.700. The number of aromatic nitrogens is 3. The number of pyridine rings is 1. The van der Waals surface area contributed by atoms with E-state index in [0.29, 0.717) is 21.6 Å². The normalized spacial score (nSPS) is 13.0. The lowest BCUT2D eigenvalue weighted by Crippen LogP contribution is -2.09. The van der Waals surface area contributed by atoms with Crippen molar-refractivity contribution >= 4 is 9.76 Å². The first-order valence-corrected chi connectivity index (χ1v) is 15.5. The molecule has 0 N–H and O–H groups in total. The van der Waals surface area contributed by atoms with Gasteiger partial charge in [0.05, 0.1) is 18.1 Å². The summed E-state index contributed by atoms with van der Waals surface area (Å²) in [6.07, 6.45) is 20.2. The Morgan fingerprint density at radius 1 is 0.806 bits per heavy atom. The van der Waals surface area contributed by atoms with Crippen molar-refractivity contribution in [1.82, 2.24) is 15.0 Å².